The van der Waals surface area contributed by atoms with Crippen molar-refractivity contribution in [1.82, 2.24) is 15.5 Å². The van der Waals surface area contributed by atoms with Gasteiger partial charge in [0, 0.05) is 19.1 Å². The summed E-state index contributed by atoms with van der Waals surface area (Å²) >= 11 is 0. The molecule has 0 bridgehead atoms. The number of nitrogens with zero attached hydrogens (tertiary/aromatic N) is 1. The molecule has 2 aliphatic heterocycles. The van der Waals surface area contributed by atoms with Crippen LogP contribution >= 0.6 is 0 Å². The summed E-state index contributed by atoms with van der Waals surface area (Å²) in [6.07, 6.45) is 4.32. The Morgan fingerprint density at radius 3 is 2.58 bits per heavy atom. The Balaban J connectivity index is 1.59. The molecule has 7 heteroatoms. The molecule has 0 aromatic heterocycles. The lowest BCUT2D eigenvalue weighted by atomic mass is 10.1. The van der Waals surface area contributed by atoms with Crippen molar-refractivity contribution in [1.29, 1.82) is 0 Å². The Morgan fingerprint density at radius 2 is 1.95 bits per heavy atom. The minimum absolute atomic E-state index is 0.0759. The van der Waals surface area contributed by atoms with Gasteiger partial charge in [-0.15, -0.1) is 0 Å². The highest BCUT2D eigenvalue weighted by atomic mass is 32.2. The summed E-state index contributed by atoms with van der Waals surface area (Å²) in [4.78, 5) is 14.0. The molecule has 19 heavy (non-hydrogen) atoms. The Morgan fingerprint density at radius 1 is 1.21 bits per heavy atom. The number of carbonyl (C=O) groups excluding carboxylic acids is 1. The number of hydrogen-bond donors (Lipinski definition) is 2. The van der Waals surface area contributed by atoms with Crippen LogP contribution in [-0.4, -0.2) is 63.1 Å². The van der Waals surface area contributed by atoms with E-state index in [4.69, 9.17) is 0 Å². The minimum atomic E-state index is -2.93. The van der Waals surface area contributed by atoms with E-state index in [1.165, 1.54) is 19.3 Å². The van der Waals surface area contributed by atoms with Gasteiger partial charge in [0.05, 0.1) is 11.5 Å². The maximum Gasteiger partial charge on any atom is 0.315 e. The second-order valence-corrected chi connectivity index (χ2v) is 7.63. The summed E-state index contributed by atoms with van der Waals surface area (Å²) in [5.74, 6) is 0.262. The maximum atomic E-state index is 11.6. The van der Waals surface area contributed by atoms with E-state index in [2.05, 4.69) is 15.5 Å². The second kappa shape index (κ2) is 6.56. The number of urea groups is 1. The predicted octanol–water partition coefficient (Wildman–Crippen LogP) is -0.0414. The number of sulfone groups is 1. The first kappa shape index (κ1) is 14.6. The van der Waals surface area contributed by atoms with Crippen LogP contribution in [0.1, 0.15) is 25.7 Å². The molecular weight excluding hydrogens is 266 g/mol. The average Bonchev–Trinajstić information content (AvgIpc) is 2.70. The summed E-state index contributed by atoms with van der Waals surface area (Å²) < 4.78 is 22.5. The fourth-order valence-corrected chi connectivity index (χ4v) is 4.33. The van der Waals surface area contributed by atoms with Crippen molar-refractivity contribution in [2.75, 3.05) is 37.7 Å². The van der Waals surface area contributed by atoms with Gasteiger partial charge in [0.15, 0.2) is 9.84 Å². The molecule has 0 aromatic rings. The molecule has 0 saturated carbocycles. The van der Waals surface area contributed by atoms with Crippen LogP contribution in [-0.2, 0) is 9.84 Å². The van der Waals surface area contributed by atoms with Crippen molar-refractivity contribution in [2.24, 2.45) is 0 Å². The number of amides is 2. The Labute approximate surface area is 114 Å². The van der Waals surface area contributed by atoms with Crippen molar-refractivity contribution in [3.63, 3.8) is 0 Å². The van der Waals surface area contributed by atoms with Crippen LogP contribution in [0.4, 0.5) is 4.79 Å². The van der Waals surface area contributed by atoms with Crippen molar-refractivity contribution in [3.05, 3.63) is 0 Å². The third kappa shape index (κ3) is 4.99. The Bertz CT molecular complexity index is 404. The van der Waals surface area contributed by atoms with E-state index in [1.807, 2.05) is 0 Å². The zero-order valence-corrected chi connectivity index (χ0v) is 12.0. The van der Waals surface area contributed by atoms with E-state index >= 15 is 0 Å². The molecule has 2 rings (SSSR count). The second-order valence-electron chi connectivity index (χ2n) is 5.40. The molecule has 2 fully saturated rings. The summed E-state index contributed by atoms with van der Waals surface area (Å²) in [6, 6.07) is -0.473. The number of piperidine rings is 1. The van der Waals surface area contributed by atoms with Gasteiger partial charge in [0.25, 0.3) is 0 Å². The molecule has 110 valence electrons. The molecule has 0 aromatic carbocycles. The van der Waals surface area contributed by atoms with Gasteiger partial charge in [0.1, 0.15) is 0 Å². The first-order valence-corrected chi connectivity index (χ1v) is 8.84. The van der Waals surface area contributed by atoms with Gasteiger partial charge in [-0.3, -0.25) is 0 Å². The van der Waals surface area contributed by atoms with Crippen molar-refractivity contribution < 1.29 is 13.2 Å². The zero-order valence-electron chi connectivity index (χ0n) is 11.2. The third-order valence-corrected chi connectivity index (χ3v) is 5.50. The van der Waals surface area contributed by atoms with E-state index in [0.29, 0.717) is 13.0 Å². The van der Waals surface area contributed by atoms with E-state index in [1.54, 1.807) is 0 Å². The molecule has 2 heterocycles. The third-order valence-electron chi connectivity index (χ3n) is 3.73. The van der Waals surface area contributed by atoms with Crippen LogP contribution in [0.3, 0.4) is 0 Å². The molecule has 0 radical (unpaired) electrons. The smallest absolute Gasteiger partial charge is 0.315 e. The van der Waals surface area contributed by atoms with E-state index < -0.39 is 9.84 Å². The van der Waals surface area contributed by atoms with Gasteiger partial charge in [-0.2, -0.15) is 0 Å². The van der Waals surface area contributed by atoms with Crippen LogP contribution in [0.5, 0.6) is 0 Å². The number of rotatable bonds is 4. The molecule has 0 aliphatic carbocycles. The van der Waals surface area contributed by atoms with Crippen LogP contribution in [0.25, 0.3) is 0 Å². The SMILES string of the molecule is O=C(NCCN1CCCCC1)NC1CCS(=O)(=O)C1. The summed E-state index contributed by atoms with van der Waals surface area (Å²) in [5, 5.41) is 5.52. The van der Waals surface area contributed by atoms with Gasteiger partial charge in [-0.05, 0) is 32.4 Å². The van der Waals surface area contributed by atoms with Crippen LogP contribution in [0, 0.1) is 0 Å². The molecular formula is C12H23N3O3S. The van der Waals surface area contributed by atoms with Crippen LogP contribution in [0.15, 0.2) is 0 Å². The molecule has 0 spiro atoms. The number of likely N-dealkylation sites (tertiary alicyclic amines) is 1. The molecule has 2 amide bonds. The number of nitrogens with one attached hydrogen (secondary N) is 2. The standard InChI is InChI=1S/C12H23N3O3S/c16-12(14-11-4-9-19(17,18)10-11)13-5-8-15-6-2-1-3-7-15/h11H,1-10H2,(H2,13,14,16). The fraction of sp³-hybridized carbons (Fsp3) is 0.917. The minimum Gasteiger partial charge on any atom is -0.337 e. The molecule has 2 aliphatic rings. The van der Waals surface area contributed by atoms with Gasteiger partial charge in [-0.1, -0.05) is 6.42 Å². The number of carbonyl (C=O) groups is 1. The predicted molar refractivity (Wildman–Crippen MR) is 73.9 cm³/mol. The molecule has 6 nitrogen and oxygen atoms in total. The maximum absolute atomic E-state index is 11.6. The normalized spacial score (nSPS) is 27.1. The Kier molecular flexibility index (Phi) is 5.04. The largest absolute Gasteiger partial charge is 0.337 e. The average molecular weight is 289 g/mol. The molecule has 1 atom stereocenters. The van der Waals surface area contributed by atoms with Gasteiger partial charge >= 0.3 is 6.03 Å². The fourth-order valence-electron chi connectivity index (χ4n) is 2.66. The quantitative estimate of drug-likeness (QED) is 0.761. The lowest BCUT2D eigenvalue weighted by molar-refractivity contribution is 0.219. The first-order chi connectivity index (χ1) is 9.05. The van der Waals surface area contributed by atoms with Gasteiger partial charge < -0.3 is 15.5 Å². The summed E-state index contributed by atoms with van der Waals surface area (Å²) in [7, 11) is -2.93. The monoisotopic (exact) mass is 289 g/mol. The van der Waals surface area contributed by atoms with Gasteiger partial charge in [-0.25, -0.2) is 13.2 Å². The summed E-state index contributed by atoms with van der Waals surface area (Å²) in [6.45, 7) is 3.72. The topological polar surface area (TPSA) is 78.5 Å². The molecule has 1 unspecified atom stereocenters. The lowest BCUT2D eigenvalue weighted by Gasteiger charge is -2.26. The number of hydrogen-bond acceptors (Lipinski definition) is 4. The van der Waals surface area contributed by atoms with E-state index in [-0.39, 0.29) is 23.6 Å². The van der Waals surface area contributed by atoms with Crippen molar-refractivity contribution in [3.8, 4) is 0 Å². The molecule has 2 saturated heterocycles. The van der Waals surface area contributed by atoms with Crippen molar-refractivity contribution >= 4 is 15.9 Å². The van der Waals surface area contributed by atoms with Crippen LogP contribution < -0.4 is 10.6 Å². The highest BCUT2D eigenvalue weighted by Crippen LogP contribution is 2.11. The zero-order chi connectivity index (χ0) is 13.7. The first-order valence-electron chi connectivity index (χ1n) is 7.02. The highest BCUT2D eigenvalue weighted by Gasteiger charge is 2.28. The van der Waals surface area contributed by atoms with E-state index in [9.17, 15) is 13.2 Å². The molecule has 2 N–H and O–H groups in total. The lowest BCUT2D eigenvalue weighted by Crippen LogP contribution is -2.45. The highest BCUT2D eigenvalue weighted by molar-refractivity contribution is 7.91. The van der Waals surface area contributed by atoms with Gasteiger partial charge in [0.2, 0.25) is 0 Å². The van der Waals surface area contributed by atoms with E-state index in [0.717, 1.165) is 19.6 Å². The summed E-state index contributed by atoms with van der Waals surface area (Å²) in [5.41, 5.74) is 0. The Hall–Kier alpha value is -0.820. The van der Waals surface area contributed by atoms with Crippen molar-refractivity contribution in [2.45, 2.75) is 31.7 Å². The van der Waals surface area contributed by atoms with Crippen LogP contribution in [0.2, 0.25) is 0 Å².